The lowest BCUT2D eigenvalue weighted by Crippen LogP contribution is -2.08. The van der Waals surface area contributed by atoms with Gasteiger partial charge in [0.1, 0.15) is 0 Å². The van der Waals surface area contributed by atoms with Crippen LogP contribution in [0.25, 0.3) is 0 Å². The Morgan fingerprint density at radius 3 is 2.24 bits per heavy atom. The van der Waals surface area contributed by atoms with Gasteiger partial charge in [0.15, 0.2) is 0 Å². The number of rotatable bonds is 6. The van der Waals surface area contributed by atoms with Crippen LogP contribution in [0.3, 0.4) is 0 Å². The van der Waals surface area contributed by atoms with Gasteiger partial charge in [0.05, 0.1) is 24.3 Å². The minimum Gasteiger partial charge on any atom is -0.369 e. The summed E-state index contributed by atoms with van der Waals surface area (Å²) < 4.78 is 7.18. The van der Waals surface area contributed by atoms with E-state index in [1.54, 1.807) is 0 Å². The molecule has 0 radical (unpaired) electrons. The third-order valence-corrected chi connectivity index (χ3v) is 4.79. The molecule has 0 spiro atoms. The van der Waals surface area contributed by atoms with Gasteiger partial charge in [-0.3, -0.25) is 0 Å². The lowest BCUT2D eigenvalue weighted by atomic mass is 10.0. The van der Waals surface area contributed by atoms with Gasteiger partial charge in [-0.2, -0.15) is 5.26 Å². The number of hydrogen-bond acceptors (Lipinski definition) is 2. The van der Waals surface area contributed by atoms with Crippen molar-refractivity contribution < 1.29 is 4.74 Å². The van der Waals surface area contributed by atoms with Crippen molar-refractivity contribution in [2.75, 3.05) is 0 Å². The Morgan fingerprint density at radius 1 is 0.920 bits per heavy atom. The van der Waals surface area contributed by atoms with E-state index >= 15 is 0 Å². The first-order valence-electron chi connectivity index (χ1n) is 8.15. The minimum absolute atomic E-state index is 0.0503. The van der Waals surface area contributed by atoms with Crippen molar-refractivity contribution in [3.8, 4) is 6.07 Å². The quantitative estimate of drug-likeness (QED) is 0.530. The fourth-order valence-electron chi connectivity index (χ4n) is 2.69. The monoisotopic (exact) mass is 391 g/mol. The van der Waals surface area contributed by atoms with Crippen LogP contribution in [-0.4, -0.2) is 0 Å². The van der Waals surface area contributed by atoms with E-state index in [0.29, 0.717) is 12.2 Å². The standard InChI is InChI=1S/C22H18BrNO/c23-21-13-18(15-24)11-12-20(21)14-22(19-9-5-2-6-10-19)25-16-17-7-3-1-4-8-17/h1-13,22H,14,16H2. The maximum absolute atomic E-state index is 9.03. The summed E-state index contributed by atoms with van der Waals surface area (Å²) in [7, 11) is 0. The fourth-order valence-corrected chi connectivity index (χ4v) is 3.23. The second kappa shape index (κ2) is 8.62. The summed E-state index contributed by atoms with van der Waals surface area (Å²) in [4.78, 5) is 0. The zero-order valence-corrected chi connectivity index (χ0v) is 15.3. The molecule has 0 aliphatic carbocycles. The van der Waals surface area contributed by atoms with E-state index in [1.807, 2.05) is 54.6 Å². The lowest BCUT2D eigenvalue weighted by molar-refractivity contribution is 0.0398. The molecule has 0 aliphatic heterocycles. The summed E-state index contributed by atoms with van der Waals surface area (Å²) in [5, 5.41) is 9.03. The number of benzene rings is 3. The molecule has 3 aromatic carbocycles. The molecule has 0 aromatic heterocycles. The molecule has 3 aromatic rings. The second-order valence-electron chi connectivity index (χ2n) is 5.82. The molecule has 0 bridgehead atoms. The smallest absolute Gasteiger partial charge is 0.0992 e. The van der Waals surface area contributed by atoms with E-state index in [0.717, 1.165) is 27.6 Å². The van der Waals surface area contributed by atoms with E-state index < -0.39 is 0 Å². The van der Waals surface area contributed by atoms with Crippen molar-refractivity contribution >= 4 is 15.9 Å². The molecule has 0 saturated heterocycles. The Labute approximate surface area is 156 Å². The number of nitriles is 1. The van der Waals surface area contributed by atoms with Crippen LogP contribution in [0.15, 0.2) is 83.3 Å². The largest absolute Gasteiger partial charge is 0.369 e. The van der Waals surface area contributed by atoms with Gasteiger partial charge in [0, 0.05) is 10.9 Å². The zero-order chi connectivity index (χ0) is 17.5. The molecule has 1 unspecified atom stereocenters. The predicted molar refractivity (Wildman–Crippen MR) is 103 cm³/mol. The van der Waals surface area contributed by atoms with E-state index in [4.69, 9.17) is 10.00 Å². The van der Waals surface area contributed by atoms with Crippen molar-refractivity contribution in [2.45, 2.75) is 19.1 Å². The average molecular weight is 392 g/mol. The fraction of sp³-hybridized carbons (Fsp3) is 0.136. The van der Waals surface area contributed by atoms with Gasteiger partial charge in [0.25, 0.3) is 0 Å². The van der Waals surface area contributed by atoms with Crippen molar-refractivity contribution in [1.82, 2.24) is 0 Å². The van der Waals surface area contributed by atoms with E-state index in [2.05, 4.69) is 46.3 Å². The first kappa shape index (κ1) is 17.4. The lowest BCUT2D eigenvalue weighted by Gasteiger charge is -2.19. The molecule has 0 N–H and O–H groups in total. The highest BCUT2D eigenvalue weighted by atomic mass is 79.9. The van der Waals surface area contributed by atoms with Crippen LogP contribution in [0.4, 0.5) is 0 Å². The summed E-state index contributed by atoms with van der Waals surface area (Å²) in [5.41, 5.74) is 4.08. The number of halogens is 1. The second-order valence-corrected chi connectivity index (χ2v) is 6.67. The molecular weight excluding hydrogens is 374 g/mol. The van der Waals surface area contributed by atoms with Crippen LogP contribution in [0.2, 0.25) is 0 Å². The molecule has 0 heterocycles. The Kier molecular flexibility index (Phi) is 6.00. The molecule has 25 heavy (non-hydrogen) atoms. The SMILES string of the molecule is N#Cc1ccc(CC(OCc2ccccc2)c2ccccc2)c(Br)c1. The maximum Gasteiger partial charge on any atom is 0.0992 e. The zero-order valence-electron chi connectivity index (χ0n) is 13.7. The third-order valence-electron chi connectivity index (χ3n) is 4.05. The van der Waals surface area contributed by atoms with Crippen molar-refractivity contribution in [1.29, 1.82) is 5.26 Å². The molecule has 124 valence electrons. The molecule has 0 aliphatic rings. The van der Waals surface area contributed by atoms with Gasteiger partial charge in [-0.15, -0.1) is 0 Å². The van der Waals surface area contributed by atoms with Crippen LogP contribution in [0, 0.1) is 11.3 Å². The van der Waals surface area contributed by atoms with Crippen LogP contribution in [0.1, 0.15) is 28.4 Å². The normalized spacial score (nSPS) is 11.7. The summed E-state index contributed by atoms with van der Waals surface area (Å²) in [6.45, 7) is 0.564. The molecule has 2 nitrogen and oxygen atoms in total. The van der Waals surface area contributed by atoms with Crippen LogP contribution < -0.4 is 0 Å². The minimum atomic E-state index is -0.0503. The highest BCUT2D eigenvalue weighted by molar-refractivity contribution is 9.10. The maximum atomic E-state index is 9.03. The molecule has 3 rings (SSSR count). The summed E-state index contributed by atoms with van der Waals surface area (Å²) in [5.74, 6) is 0. The predicted octanol–water partition coefficient (Wildman–Crippen LogP) is 5.82. The average Bonchev–Trinajstić information content (AvgIpc) is 2.67. The third kappa shape index (κ3) is 4.79. The number of ether oxygens (including phenoxy) is 1. The molecule has 0 fully saturated rings. The summed E-state index contributed by atoms with van der Waals surface area (Å²) in [6, 6.07) is 28.3. The topological polar surface area (TPSA) is 33.0 Å². The first-order valence-corrected chi connectivity index (χ1v) is 8.94. The van der Waals surface area contributed by atoms with E-state index in [9.17, 15) is 0 Å². The van der Waals surface area contributed by atoms with Gasteiger partial charge in [0.2, 0.25) is 0 Å². The highest BCUT2D eigenvalue weighted by Crippen LogP contribution is 2.28. The van der Waals surface area contributed by atoms with E-state index in [1.165, 1.54) is 0 Å². The van der Waals surface area contributed by atoms with E-state index in [-0.39, 0.29) is 6.10 Å². The van der Waals surface area contributed by atoms with Crippen LogP contribution in [0.5, 0.6) is 0 Å². The molecule has 3 heteroatoms. The van der Waals surface area contributed by atoms with Gasteiger partial charge in [-0.05, 0) is 28.8 Å². The Bertz CT molecular complexity index is 856. The Morgan fingerprint density at radius 2 is 1.60 bits per heavy atom. The Balaban J connectivity index is 1.80. The van der Waals surface area contributed by atoms with Crippen molar-refractivity contribution in [2.24, 2.45) is 0 Å². The molecule has 0 saturated carbocycles. The molecule has 1 atom stereocenters. The molecular formula is C22H18BrNO. The van der Waals surface area contributed by atoms with Gasteiger partial charge >= 0.3 is 0 Å². The first-order chi connectivity index (χ1) is 12.3. The molecule has 0 amide bonds. The van der Waals surface area contributed by atoms with Crippen LogP contribution >= 0.6 is 15.9 Å². The number of hydrogen-bond donors (Lipinski definition) is 0. The van der Waals surface area contributed by atoms with Gasteiger partial charge in [-0.25, -0.2) is 0 Å². The Hall–Kier alpha value is -2.41. The number of nitrogens with zero attached hydrogens (tertiary/aromatic N) is 1. The van der Waals surface area contributed by atoms with Crippen molar-refractivity contribution in [3.05, 3.63) is 106 Å². The summed E-state index contributed by atoms with van der Waals surface area (Å²) in [6.07, 6.45) is 0.689. The highest BCUT2D eigenvalue weighted by Gasteiger charge is 2.15. The van der Waals surface area contributed by atoms with Crippen LogP contribution in [-0.2, 0) is 17.8 Å². The van der Waals surface area contributed by atoms with Gasteiger partial charge in [-0.1, -0.05) is 82.7 Å². The van der Waals surface area contributed by atoms with Gasteiger partial charge < -0.3 is 4.74 Å². The van der Waals surface area contributed by atoms with Crippen molar-refractivity contribution in [3.63, 3.8) is 0 Å². The summed E-state index contributed by atoms with van der Waals surface area (Å²) >= 11 is 3.58.